The first-order valence-electron chi connectivity index (χ1n) is 9.50. The summed E-state index contributed by atoms with van der Waals surface area (Å²) in [7, 11) is 0. The van der Waals surface area contributed by atoms with Gasteiger partial charge in [-0.2, -0.15) is 0 Å². The van der Waals surface area contributed by atoms with Crippen molar-refractivity contribution in [1.82, 2.24) is 9.97 Å². The monoisotopic (exact) mass is 358 g/mol. The fraction of sp³-hybridized carbons (Fsp3) is 0.292. The van der Waals surface area contributed by atoms with E-state index in [2.05, 4.69) is 55.0 Å². The normalized spacial score (nSPS) is 12.1. The van der Waals surface area contributed by atoms with Crippen LogP contribution >= 0.6 is 0 Å². The lowest BCUT2D eigenvalue weighted by Gasteiger charge is -2.11. The van der Waals surface area contributed by atoms with Gasteiger partial charge in [-0.1, -0.05) is 57.2 Å². The van der Waals surface area contributed by atoms with E-state index < -0.39 is 0 Å². The number of carbonyl (C=O) groups excluding carboxylic acids is 1. The maximum atomic E-state index is 12.5. The van der Waals surface area contributed by atoms with Crippen molar-refractivity contribution in [2.45, 2.75) is 45.4 Å². The summed E-state index contributed by atoms with van der Waals surface area (Å²) in [6, 6.07) is 16.4. The van der Waals surface area contributed by atoms with Crippen molar-refractivity contribution < 1.29 is 4.79 Å². The third-order valence-corrected chi connectivity index (χ3v) is 4.87. The van der Waals surface area contributed by atoms with Crippen LogP contribution in [0.3, 0.4) is 0 Å². The molecule has 0 spiro atoms. The number of ketones is 1. The maximum Gasteiger partial charge on any atom is 0.137 e. The van der Waals surface area contributed by atoms with Crippen LogP contribution in [-0.2, 0) is 11.2 Å². The summed E-state index contributed by atoms with van der Waals surface area (Å²) in [6.45, 7) is 6.41. The minimum absolute atomic E-state index is 0.107. The quantitative estimate of drug-likeness (QED) is 0.554. The fourth-order valence-electron chi connectivity index (χ4n) is 3.17. The predicted octanol–water partition coefficient (Wildman–Crippen LogP) is 5.57. The number of aromatic nitrogens is 2. The summed E-state index contributed by atoms with van der Waals surface area (Å²) in [6.07, 6.45) is 6.43. The van der Waals surface area contributed by atoms with Crippen molar-refractivity contribution in [3.8, 4) is 11.1 Å². The molecule has 0 bridgehead atoms. The highest BCUT2D eigenvalue weighted by atomic mass is 16.1. The standard InChI is InChI=1S/C24H26N2O/c1-17(2)20-8-6-19(7-9-20)14-23(27)13-18(3)24-11-10-22(16-26-24)21-5-4-12-25-15-21/h4-12,15-18H,13-14H2,1-3H3/t18-/m0/s1. The number of Topliss-reactive ketones (excluding diaryl/α,β-unsaturated/α-hetero) is 1. The molecule has 0 aliphatic heterocycles. The molecule has 0 radical (unpaired) electrons. The Labute approximate surface area is 161 Å². The van der Waals surface area contributed by atoms with Crippen LogP contribution in [0.4, 0.5) is 0 Å². The minimum atomic E-state index is 0.107. The van der Waals surface area contributed by atoms with Gasteiger partial charge in [0.2, 0.25) is 0 Å². The lowest BCUT2D eigenvalue weighted by atomic mass is 9.95. The molecule has 3 rings (SSSR count). The molecular formula is C24H26N2O. The molecule has 138 valence electrons. The number of rotatable bonds is 7. The summed E-state index contributed by atoms with van der Waals surface area (Å²) in [5.41, 5.74) is 5.42. The lowest BCUT2D eigenvalue weighted by Crippen LogP contribution is -2.08. The molecule has 0 saturated carbocycles. The van der Waals surface area contributed by atoms with Crippen LogP contribution in [-0.4, -0.2) is 15.8 Å². The van der Waals surface area contributed by atoms with Crippen molar-refractivity contribution in [1.29, 1.82) is 0 Å². The molecular weight excluding hydrogens is 332 g/mol. The average molecular weight is 358 g/mol. The van der Waals surface area contributed by atoms with Crippen molar-refractivity contribution >= 4 is 5.78 Å². The number of benzene rings is 1. The molecule has 3 nitrogen and oxygen atoms in total. The molecule has 27 heavy (non-hydrogen) atoms. The van der Waals surface area contributed by atoms with Gasteiger partial charge in [-0.05, 0) is 29.2 Å². The number of pyridine rings is 2. The van der Waals surface area contributed by atoms with E-state index >= 15 is 0 Å². The molecule has 1 aromatic carbocycles. The van der Waals surface area contributed by atoms with Crippen LogP contribution in [0.2, 0.25) is 0 Å². The Morgan fingerprint density at radius 1 is 0.926 bits per heavy atom. The van der Waals surface area contributed by atoms with Crippen molar-refractivity contribution in [2.24, 2.45) is 0 Å². The highest BCUT2D eigenvalue weighted by molar-refractivity contribution is 5.81. The molecule has 0 fully saturated rings. The third kappa shape index (κ3) is 5.10. The van der Waals surface area contributed by atoms with Gasteiger partial charge in [0.25, 0.3) is 0 Å². The molecule has 0 aliphatic rings. The second-order valence-electron chi connectivity index (χ2n) is 7.43. The van der Waals surface area contributed by atoms with E-state index in [-0.39, 0.29) is 11.7 Å². The van der Waals surface area contributed by atoms with Gasteiger partial charge in [0.15, 0.2) is 0 Å². The summed E-state index contributed by atoms with van der Waals surface area (Å²) in [5.74, 6) is 0.865. The van der Waals surface area contributed by atoms with Crippen LogP contribution in [0.25, 0.3) is 11.1 Å². The summed E-state index contributed by atoms with van der Waals surface area (Å²) >= 11 is 0. The zero-order valence-electron chi connectivity index (χ0n) is 16.2. The van der Waals surface area contributed by atoms with Gasteiger partial charge in [-0.25, -0.2) is 0 Å². The summed E-state index contributed by atoms with van der Waals surface area (Å²) in [4.78, 5) is 21.2. The molecule has 0 unspecified atom stereocenters. The first-order chi connectivity index (χ1) is 13.0. The van der Waals surface area contributed by atoms with E-state index in [1.807, 2.05) is 36.7 Å². The molecule has 2 heterocycles. The highest BCUT2D eigenvalue weighted by Crippen LogP contribution is 2.22. The Kier molecular flexibility index (Phi) is 6.12. The summed E-state index contributed by atoms with van der Waals surface area (Å²) in [5, 5.41) is 0. The van der Waals surface area contributed by atoms with Gasteiger partial charge in [0, 0.05) is 54.2 Å². The van der Waals surface area contributed by atoms with Crippen LogP contribution in [0.1, 0.15) is 55.8 Å². The second kappa shape index (κ2) is 8.72. The van der Waals surface area contributed by atoms with E-state index in [0.717, 1.165) is 22.4 Å². The molecule has 1 atom stereocenters. The Balaban J connectivity index is 1.59. The van der Waals surface area contributed by atoms with Crippen LogP contribution in [0.5, 0.6) is 0 Å². The van der Waals surface area contributed by atoms with Gasteiger partial charge in [-0.15, -0.1) is 0 Å². The first kappa shape index (κ1) is 19.0. The van der Waals surface area contributed by atoms with Gasteiger partial charge in [0.05, 0.1) is 0 Å². The smallest absolute Gasteiger partial charge is 0.137 e. The molecule has 0 N–H and O–H groups in total. The number of carbonyl (C=O) groups is 1. The number of hydrogen-bond acceptors (Lipinski definition) is 3. The number of hydrogen-bond donors (Lipinski definition) is 0. The Morgan fingerprint density at radius 3 is 2.26 bits per heavy atom. The maximum absolute atomic E-state index is 12.5. The second-order valence-corrected chi connectivity index (χ2v) is 7.43. The van der Waals surface area contributed by atoms with Gasteiger partial charge in [-0.3, -0.25) is 14.8 Å². The van der Waals surface area contributed by atoms with Gasteiger partial charge < -0.3 is 0 Å². The minimum Gasteiger partial charge on any atom is -0.299 e. The van der Waals surface area contributed by atoms with Crippen molar-refractivity contribution in [2.75, 3.05) is 0 Å². The van der Waals surface area contributed by atoms with Crippen LogP contribution < -0.4 is 0 Å². The topological polar surface area (TPSA) is 42.9 Å². The van der Waals surface area contributed by atoms with Crippen molar-refractivity contribution in [3.05, 3.63) is 83.9 Å². The third-order valence-electron chi connectivity index (χ3n) is 4.87. The fourth-order valence-corrected chi connectivity index (χ4v) is 3.17. The molecule has 2 aromatic heterocycles. The van der Waals surface area contributed by atoms with Crippen molar-refractivity contribution in [3.63, 3.8) is 0 Å². The Morgan fingerprint density at radius 2 is 1.67 bits per heavy atom. The zero-order chi connectivity index (χ0) is 19.2. The molecule has 0 amide bonds. The lowest BCUT2D eigenvalue weighted by molar-refractivity contribution is -0.118. The van der Waals surface area contributed by atoms with E-state index in [0.29, 0.717) is 18.8 Å². The molecule has 3 heteroatoms. The van der Waals surface area contributed by atoms with Gasteiger partial charge >= 0.3 is 0 Å². The van der Waals surface area contributed by atoms with Crippen LogP contribution in [0, 0.1) is 0 Å². The molecule has 0 aliphatic carbocycles. The number of nitrogens with zero attached hydrogens (tertiary/aromatic N) is 2. The highest BCUT2D eigenvalue weighted by Gasteiger charge is 2.13. The first-order valence-corrected chi connectivity index (χ1v) is 9.50. The molecule has 3 aromatic rings. The van der Waals surface area contributed by atoms with E-state index in [1.54, 1.807) is 6.20 Å². The summed E-state index contributed by atoms with van der Waals surface area (Å²) < 4.78 is 0. The zero-order valence-corrected chi connectivity index (χ0v) is 16.2. The molecule has 0 saturated heterocycles. The van der Waals surface area contributed by atoms with Crippen LogP contribution in [0.15, 0.2) is 67.1 Å². The SMILES string of the molecule is CC(C)c1ccc(CC(=O)C[C@H](C)c2ccc(-c3cccnc3)cn2)cc1. The van der Waals surface area contributed by atoms with E-state index in [9.17, 15) is 4.79 Å². The largest absolute Gasteiger partial charge is 0.299 e. The van der Waals surface area contributed by atoms with Gasteiger partial charge in [0.1, 0.15) is 5.78 Å². The Hall–Kier alpha value is -2.81. The van der Waals surface area contributed by atoms with E-state index in [4.69, 9.17) is 0 Å². The Bertz CT molecular complexity index is 869. The average Bonchev–Trinajstić information content (AvgIpc) is 2.69. The van der Waals surface area contributed by atoms with E-state index in [1.165, 1.54) is 5.56 Å². The predicted molar refractivity (Wildman–Crippen MR) is 110 cm³/mol.